The first-order chi connectivity index (χ1) is 25.0. The molecule has 0 saturated heterocycles. The molecule has 15 nitrogen and oxygen atoms in total. The Hall–Kier alpha value is -4.76. The van der Waals surface area contributed by atoms with E-state index in [0.29, 0.717) is 36.4 Å². The second kappa shape index (κ2) is 14.5. The summed E-state index contributed by atoms with van der Waals surface area (Å²) in [5.41, 5.74) is 6.37. The van der Waals surface area contributed by atoms with Crippen LogP contribution in [0.2, 0.25) is 0 Å². The van der Waals surface area contributed by atoms with E-state index in [1.807, 2.05) is 28.9 Å². The maximum Gasteiger partial charge on any atom is 0.179 e. The summed E-state index contributed by atoms with van der Waals surface area (Å²) in [7, 11) is 0. The lowest BCUT2D eigenvalue weighted by Crippen LogP contribution is -2.09. The second-order valence-electron chi connectivity index (χ2n) is 14.5. The lowest BCUT2D eigenvalue weighted by Gasteiger charge is -2.15. The quantitative estimate of drug-likeness (QED) is 0.159. The molecule has 0 unspecified atom stereocenters. The molecule has 4 atom stereocenters. The number of hydrogen-bond acceptors (Lipinski definition) is 11. The summed E-state index contributed by atoms with van der Waals surface area (Å²) in [6.45, 7) is 5.91. The Labute approximate surface area is 294 Å². The van der Waals surface area contributed by atoms with Crippen LogP contribution in [0.15, 0.2) is 42.1 Å². The van der Waals surface area contributed by atoms with Gasteiger partial charge in [0.2, 0.25) is 0 Å². The van der Waals surface area contributed by atoms with Gasteiger partial charge in [0, 0.05) is 37.1 Å². The molecule has 4 N–H and O–H groups in total. The number of nitrogens with two attached hydrogens (primary N) is 1. The minimum Gasteiger partial charge on any atom is -0.396 e. The van der Waals surface area contributed by atoms with E-state index >= 15 is 0 Å². The van der Waals surface area contributed by atoms with Crippen LogP contribution in [0.3, 0.4) is 0 Å². The van der Waals surface area contributed by atoms with Gasteiger partial charge in [-0.2, -0.15) is 0 Å². The predicted molar refractivity (Wildman–Crippen MR) is 191 cm³/mol. The fourth-order valence-electron chi connectivity index (χ4n) is 7.63. The molecule has 0 amide bonds. The van der Waals surface area contributed by atoms with Gasteiger partial charge >= 0.3 is 0 Å². The molecule has 4 aliphatic rings. The van der Waals surface area contributed by atoms with Crippen LogP contribution in [0, 0.1) is 23.7 Å². The van der Waals surface area contributed by atoms with E-state index in [0.717, 1.165) is 102 Å². The highest BCUT2D eigenvalue weighted by Gasteiger charge is 2.37. The molecule has 10 rings (SSSR count). The average Bonchev–Trinajstić information content (AvgIpc) is 3.65. The van der Waals surface area contributed by atoms with Crippen LogP contribution in [0.25, 0.3) is 33.6 Å². The summed E-state index contributed by atoms with van der Waals surface area (Å²) in [6.07, 6.45) is 17.7. The lowest BCUT2D eigenvalue weighted by molar-refractivity contribution is -0.117. The molecule has 6 aromatic rings. The van der Waals surface area contributed by atoms with Crippen LogP contribution in [0.5, 0.6) is 0 Å². The number of H-pyrrole nitrogens is 2. The van der Waals surface area contributed by atoms with Gasteiger partial charge in [-0.05, 0) is 74.3 Å². The van der Waals surface area contributed by atoms with Gasteiger partial charge in [-0.3, -0.25) is 13.6 Å². The smallest absolute Gasteiger partial charge is 0.179 e. The van der Waals surface area contributed by atoms with E-state index in [4.69, 9.17) is 10.7 Å². The number of carbonyl (C=O) groups is 1. The molecule has 0 spiro atoms. The van der Waals surface area contributed by atoms with Crippen molar-refractivity contribution in [3.05, 3.63) is 48.6 Å². The Balaban J connectivity index is 0.000000128. The van der Waals surface area contributed by atoms with Gasteiger partial charge in [0.1, 0.15) is 24.0 Å². The number of carbonyl (C=O) groups excluding carboxylic acids is 1. The first-order valence-electron chi connectivity index (χ1n) is 18.4. The minimum atomic E-state index is 0.169. The van der Waals surface area contributed by atoms with E-state index in [9.17, 15) is 4.79 Å². The Morgan fingerprint density at radius 1 is 0.765 bits per heavy atom. The molecule has 6 heterocycles. The molecule has 15 heteroatoms. The molecule has 0 bridgehead atoms. The summed E-state index contributed by atoms with van der Waals surface area (Å²) in [5, 5.41) is 21.9. The predicted octanol–water partition coefficient (Wildman–Crippen LogP) is 5.66. The van der Waals surface area contributed by atoms with E-state index in [2.05, 4.69) is 68.6 Å². The summed E-state index contributed by atoms with van der Waals surface area (Å²) >= 11 is 0. The number of rotatable bonds is 9. The monoisotopic (exact) mass is 694 g/mol. The highest BCUT2D eigenvalue weighted by molar-refractivity contribution is 5.87. The van der Waals surface area contributed by atoms with Crippen molar-refractivity contribution in [2.45, 2.75) is 89.9 Å². The third kappa shape index (κ3) is 6.96. The molecule has 0 aliphatic heterocycles. The molecule has 4 saturated carbocycles. The molecule has 268 valence electrons. The zero-order valence-corrected chi connectivity index (χ0v) is 29.2. The summed E-state index contributed by atoms with van der Waals surface area (Å²) in [4.78, 5) is 36.7. The third-order valence-electron chi connectivity index (χ3n) is 10.9. The van der Waals surface area contributed by atoms with Gasteiger partial charge in [-0.15, -0.1) is 20.4 Å². The van der Waals surface area contributed by atoms with Gasteiger partial charge in [-0.1, -0.05) is 31.8 Å². The van der Waals surface area contributed by atoms with Gasteiger partial charge in [0.05, 0.1) is 35.7 Å². The van der Waals surface area contributed by atoms with Crippen LogP contribution in [0.4, 0.5) is 0 Å². The molecule has 6 aromatic heterocycles. The van der Waals surface area contributed by atoms with Crippen LogP contribution < -0.4 is 5.90 Å². The molecular formula is C36H46N12O3. The first-order valence-corrected chi connectivity index (χ1v) is 18.4. The lowest BCUT2D eigenvalue weighted by atomic mass is 9.93. The number of oxime groups is 1. The number of ketones is 1. The normalized spacial score (nSPS) is 24.1. The fraction of sp³-hybridized carbons (Fsp3) is 0.556. The standard InChI is InChI=1S/C18H22N6O.C14H15N5O.C4H9NO/c1-2-12-7-13(23-25-10-11-3-4-11)8-14(12)18-22-21-16-9-20-17-15(24(16)18)5-6-19-17;1-2-8-5-9(20)6-10(8)14-18-17-12-7-16-13-11(19(12)14)3-4-15-13;5-6-3-4-1-2-4/h5-6,9,11-12,14,19H,2-4,7-8,10H2,1H3;3-4,7-8,10,15H,2,5-6H2,1H3;4H,1-3,5H2/t12-,14+;8-,10+;/m11./s1. The van der Waals surface area contributed by atoms with Crippen molar-refractivity contribution in [3.8, 4) is 0 Å². The number of fused-ring (bicyclic) bond motifs is 6. The maximum absolute atomic E-state index is 11.8. The summed E-state index contributed by atoms with van der Waals surface area (Å²) < 4.78 is 4.17. The number of hydrogen-bond donors (Lipinski definition) is 3. The summed E-state index contributed by atoms with van der Waals surface area (Å²) in [6, 6.07) is 4.01. The molecule has 0 radical (unpaired) electrons. The number of nitrogens with one attached hydrogen (secondary N) is 2. The van der Waals surface area contributed by atoms with Crippen LogP contribution >= 0.6 is 0 Å². The Kier molecular flexibility index (Phi) is 9.47. The number of aromatic nitrogens is 10. The fourth-order valence-corrected chi connectivity index (χ4v) is 7.63. The van der Waals surface area contributed by atoms with Crippen molar-refractivity contribution in [3.63, 3.8) is 0 Å². The molecule has 4 aliphatic carbocycles. The average molecular weight is 695 g/mol. The largest absolute Gasteiger partial charge is 0.396 e. The Morgan fingerprint density at radius 3 is 1.84 bits per heavy atom. The molecule has 51 heavy (non-hydrogen) atoms. The van der Waals surface area contributed by atoms with Gasteiger partial charge in [0.15, 0.2) is 22.6 Å². The Morgan fingerprint density at radius 2 is 1.31 bits per heavy atom. The number of Topliss-reactive ketones (excluding diaryl/α,β-unsaturated/α-hetero) is 1. The zero-order chi connectivity index (χ0) is 34.9. The molecule has 0 aromatic carbocycles. The third-order valence-corrected chi connectivity index (χ3v) is 10.9. The van der Waals surface area contributed by atoms with Crippen LogP contribution in [-0.4, -0.2) is 73.8 Å². The second-order valence-corrected chi connectivity index (χ2v) is 14.5. The zero-order valence-electron chi connectivity index (χ0n) is 29.2. The van der Waals surface area contributed by atoms with Gasteiger partial charge in [-0.25, -0.2) is 15.9 Å². The van der Waals surface area contributed by atoms with E-state index in [1.54, 1.807) is 12.4 Å². The van der Waals surface area contributed by atoms with Crippen molar-refractivity contribution in [1.29, 1.82) is 0 Å². The molecule has 4 fully saturated rings. The van der Waals surface area contributed by atoms with Crippen molar-refractivity contribution in [2.24, 2.45) is 34.7 Å². The maximum atomic E-state index is 11.8. The number of nitrogens with zero attached hydrogens (tertiary/aromatic N) is 9. The van der Waals surface area contributed by atoms with E-state index in [1.165, 1.54) is 25.7 Å². The van der Waals surface area contributed by atoms with Crippen molar-refractivity contribution < 1.29 is 14.5 Å². The van der Waals surface area contributed by atoms with Gasteiger partial charge in [0.25, 0.3) is 0 Å². The van der Waals surface area contributed by atoms with Gasteiger partial charge < -0.3 is 19.6 Å². The van der Waals surface area contributed by atoms with Crippen molar-refractivity contribution >= 4 is 45.1 Å². The highest BCUT2D eigenvalue weighted by Crippen LogP contribution is 2.41. The highest BCUT2D eigenvalue weighted by atomic mass is 16.6. The Bertz CT molecular complexity index is 2160. The van der Waals surface area contributed by atoms with Crippen LogP contribution in [-0.2, 0) is 14.5 Å². The first kappa shape index (κ1) is 33.4. The SMILES string of the molecule is CC[C@@H]1CC(=NOCC2CC2)C[C@@H]1c1nnc2cnc3[nH]ccc3n12.CC[C@@H]1CC(=O)C[C@@H]1c1nnc2cnc3[nH]ccc3n12.NOCC1CC1. The summed E-state index contributed by atoms with van der Waals surface area (Å²) in [5.74, 6) is 9.94. The van der Waals surface area contributed by atoms with E-state index < -0.39 is 0 Å². The minimum absolute atomic E-state index is 0.169. The van der Waals surface area contributed by atoms with Crippen molar-refractivity contribution in [2.75, 3.05) is 13.2 Å². The van der Waals surface area contributed by atoms with Crippen LogP contribution in [0.1, 0.15) is 102 Å². The van der Waals surface area contributed by atoms with Crippen molar-refractivity contribution in [1.82, 2.24) is 49.1 Å². The van der Waals surface area contributed by atoms with E-state index in [-0.39, 0.29) is 5.92 Å². The number of aromatic amines is 2. The topological polar surface area (TPSA) is 192 Å². The molecular weight excluding hydrogens is 648 g/mol.